The van der Waals surface area contributed by atoms with Gasteiger partial charge in [-0.05, 0) is 49.9 Å². The zero-order valence-electron chi connectivity index (χ0n) is 19.6. The van der Waals surface area contributed by atoms with Crippen LogP contribution in [0.25, 0.3) is 0 Å². The first-order valence-corrected chi connectivity index (χ1v) is 11.7. The minimum absolute atomic E-state index is 0. The standard InChI is InChI=1S/C26H37N5O.HI/c1-28-26(29-15-9-17-31-16-8-14-23(20-31)25(27)32)30-19-24(22-12-6-3-7-13-22)18-21-10-4-2-5-11-21;/h2-7,10-13,23-24H,8-9,14-20H2,1H3,(H2,27,32)(H2,28,29,30);1H. The Morgan fingerprint density at radius 3 is 2.48 bits per heavy atom. The van der Waals surface area contributed by atoms with E-state index in [0.717, 1.165) is 64.4 Å². The molecule has 1 amide bonds. The summed E-state index contributed by atoms with van der Waals surface area (Å²) in [6.45, 7) is 4.46. The molecule has 0 radical (unpaired) electrons. The second-order valence-electron chi connectivity index (χ2n) is 8.57. The summed E-state index contributed by atoms with van der Waals surface area (Å²) in [4.78, 5) is 18.2. The van der Waals surface area contributed by atoms with Crippen molar-refractivity contribution < 1.29 is 4.79 Å². The third kappa shape index (κ3) is 9.33. The van der Waals surface area contributed by atoms with E-state index in [4.69, 9.17) is 5.73 Å². The predicted molar refractivity (Wildman–Crippen MR) is 147 cm³/mol. The first-order valence-electron chi connectivity index (χ1n) is 11.7. The van der Waals surface area contributed by atoms with E-state index in [0.29, 0.717) is 5.92 Å². The van der Waals surface area contributed by atoms with E-state index in [1.54, 1.807) is 0 Å². The SMILES string of the molecule is CN=C(NCCCN1CCCC(C(N)=O)C1)NCC(Cc1ccccc1)c1ccccc1.I. The van der Waals surface area contributed by atoms with E-state index < -0.39 is 0 Å². The maximum absolute atomic E-state index is 11.5. The smallest absolute Gasteiger partial charge is 0.221 e. The fraction of sp³-hybridized carbons (Fsp3) is 0.462. The fourth-order valence-electron chi connectivity index (χ4n) is 4.37. The zero-order valence-corrected chi connectivity index (χ0v) is 21.9. The number of primary amides is 1. The van der Waals surface area contributed by atoms with Crippen LogP contribution in [0.5, 0.6) is 0 Å². The number of piperidine rings is 1. The topological polar surface area (TPSA) is 82.8 Å². The van der Waals surface area contributed by atoms with Gasteiger partial charge < -0.3 is 21.3 Å². The molecule has 1 heterocycles. The van der Waals surface area contributed by atoms with Crippen LogP contribution in [0, 0.1) is 5.92 Å². The van der Waals surface area contributed by atoms with Crippen molar-refractivity contribution in [2.24, 2.45) is 16.6 Å². The number of hydrogen-bond acceptors (Lipinski definition) is 3. The Labute approximate surface area is 215 Å². The summed E-state index contributed by atoms with van der Waals surface area (Å²) in [5.74, 6) is 1.02. The van der Waals surface area contributed by atoms with Crippen LogP contribution in [0.15, 0.2) is 65.7 Å². The summed E-state index contributed by atoms with van der Waals surface area (Å²) in [7, 11) is 1.81. The largest absolute Gasteiger partial charge is 0.369 e. The number of nitrogens with two attached hydrogens (primary N) is 1. The molecule has 33 heavy (non-hydrogen) atoms. The molecular formula is C26H38IN5O. The summed E-state index contributed by atoms with van der Waals surface area (Å²) in [5.41, 5.74) is 8.15. The van der Waals surface area contributed by atoms with Crippen molar-refractivity contribution in [1.29, 1.82) is 0 Å². The number of nitrogens with zero attached hydrogens (tertiary/aromatic N) is 2. The van der Waals surface area contributed by atoms with Crippen LogP contribution in [-0.2, 0) is 11.2 Å². The maximum atomic E-state index is 11.5. The van der Waals surface area contributed by atoms with Gasteiger partial charge in [0.25, 0.3) is 0 Å². The number of halogens is 1. The lowest BCUT2D eigenvalue weighted by Crippen LogP contribution is -2.43. The molecular weight excluding hydrogens is 525 g/mol. The number of benzene rings is 2. The second-order valence-corrected chi connectivity index (χ2v) is 8.57. The van der Waals surface area contributed by atoms with Crippen molar-refractivity contribution >= 4 is 35.8 Å². The molecule has 4 N–H and O–H groups in total. The van der Waals surface area contributed by atoms with Crippen molar-refractivity contribution in [3.8, 4) is 0 Å². The highest BCUT2D eigenvalue weighted by molar-refractivity contribution is 14.0. The molecule has 180 valence electrons. The average molecular weight is 564 g/mol. The fourth-order valence-corrected chi connectivity index (χ4v) is 4.37. The Bertz CT molecular complexity index is 846. The average Bonchev–Trinajstić information content (AvgIpc) is 2.84. The molecule has 0 bridgehead atoms. The Kier molecular flexibility index (Phi) is 12.2. The Balaban J connectivity index is 0.00000385. The monoisotopic (exact) mass is 563 g/mol. The Hall–Kier alpha value is -2.13. The van der Waals surface area contributed by atoms with Gasteiger partial charge in [0.1, 0.15) is 0 Å². The van der Waals surface area contributed by atoms with Crippen molar-refractivity contribution in [2.75, 3.05) is 39.8 Å². The lowest BCUT2D eigenvalue weighted by atomic mass is 9.92. The van der Waals surface area contributed by atoms with Crippen molar-refractivity contribution in [2.45, 2.75) is 31.6 Å². The van der Waals surface area contributed by atoms with Crippen LogP contribution in [-0.4, -0.2) is 56.5 Å². The van der Waals surface area contributed by atoms with E-state index in [1.165, 1.54) is 11.1 Å². The molecule has 0 aliphatic carbocycles. The van der Waals surface area contributed by atoms with Crippen molar-refractivity contribution in [3.05, 3.63) is 71.8 Å². The first-order chi connectivity index (χ1) is 15.7. The van der Waals surface area contributed by atoms with Crippen molar-refractivity contribution in [3.63, 3.8) is 0 Å². The highest BCUT2D eigenvalue weighted by atomic mass is 127. The molecule has 1 aliphatic heterocycles. The molecule has 6 nitrogen and oxygen atoms in total. The normalized spacial score (nSPS) is 17.6. The molecule has 0 saturated carbocycles. The Morgan fingerprint density at radius 2 is 1.82 bits per heavy atom. The molecule has 3 rings (SSSR count). The van der Waals surface area contributed by atoms with Gasteiger partial charge in [0.15, 0.2) is 5.96 Å². The number of amides is 1. The second kappa shape index (κ2) is 14.9. The van der Waals surface area contributed by atoms with Gasteiger partial charge in [0.05, 0.1) is 5.92 Å². The molecule has 2 aromatic rings. The van der Waals surface area contributed by atoms with Gasteiger partial charge in [-0.1, -0.05) is 60.7 Å². The minimum Gasteiger partial charge on any atom is -0.369 e. The van der Waals surface area contributed by atoms with E-state index in [2.05, 4.69) is 81.2 Å². The number of carbonyl (C=O) groups is 1. The molecule has 2 aromatic carbocycles. The summed E-state index contributed by atoms with van der Waals surface area (Å²) in [6.07, 6.45) is 3.95. The minimum atomic E-state index is -0.166. The van der Waals surface area contributed by atoms with Crippen LogP contribution >= 0.6 is 24.0 Å². The van der Waals surface area contributed by atoms with E-state index in [9.17, 15) is 4.79 Å². The highest BCUT2D eigenvalue weighted by Gasteiger charge is 2.23. The van der Waals surface area contributed by atoms with Gasteiger partial charge in [-0.2, -0.15) is 0 Å². The summed E-state index contributed by atoms with van der Waals surface area (Å²) < 4.78 is 0. The van der Waals surface area contributed by atoms with E-state index >= 15 is 0 Å². The van der Waals surface area contributed by atoms with Gasteiger partial charge in [0.2, 0.25) is 5.91 Å². The van der Waals surface area contributed by atoms with Crippen molar-refractivity contribution in [1.82, 2.24) is 15.5 Å². The quantitative estimate of drug-likeness (QED) is 0.179. The molecule has 1 fully saturated rings. The summed E-state index contributed by atoms with van der Waals surface area (Å²) >= 11 is 0. The molecule has 1 aliphatic rings. The van der Waals surface area contributed by atoms with E-state index in [-0.39, 0.29) is 35.8 Å². The molecule has 0 aromatic heterocycles. The Morgan fingerprint density at radius 1 is 1.12 bits per heavy atom. The van der Waals surface area contributed by atoms with Crippen LogP contribution in [0.2, 0.25) is 0 Å². The van der Waals surface area contributed by atoms with E-state index in [1.807, 2.05) is 7.05 Å². The van der Waals surface area contributed by atoms with Gasteiger partial charge >= 0.3 is 0 Å². The maximum Gasteiger partial charge on any atom is 0.221 e. The molecule has 1 saturated heterocycles. The zero-order chi connectivity index (χ0) is 22.6. The van der Waals surface area contributed by atoms with Crippen LogP contribution in [0.3, 0.4) is 0 Å². The first kappa shape index (κ1) is 27.1. The number of rotatable bonds is 10. The van der Waals surface area contributed by atoms with Gasteiger partial charge in [-0.25, -0.2) is 0 Å². The van der Waals surface area contributed by atoms with Crippen LogP contribution in [0.4, 0.5) is 0 Å². The third-order valence-corrected chi connectivity index (χ3v) is 6.19. The number of guanidine groups is 1. The lowest BCUT2D eigenvalue weighted by molar-refractivity contribution is -0.123. The number of hydrogen-bond donors (Lipinski definition) is 3. The molecule has 2 unspecified atom stereocenters. The van der Waals surface area contributed by atoms with Crippen LogP contribution in [0.1, 0.15) is 36.3 Å². The lowest BCUT2D eigenvalue weighted by Gasteiger charge is -2.31. The number of nitrogens with one attached hydrogen (secondary N) is 2. The number of carbonyl (C=O) groups excluding carboxylic acids is 1. The summed E-state index contributed by atoms with van der Waals surface area (Å²) in [5, 5.41) is 6.95. The predicted octanol–water partition coefficient (Wildman–Crippen LogP) is 3.38. The molecule has 2 atom stereocenters. The molecule has 0 spiro atoms. The molecule has 7 heteroatoms. The third-order valence-electron chi connectivity index (χ3n) is 6.19. The van der Waals surface area contributed by atoms with Gasteiger partial charge in [-0.3, -0.25) is 9.79 Å². The number of likely N-dealkylation sites (tertiary alicyclic amines) is 1. The summed E-state index contributed by atoms with van der Waals surface area (Å²) in [6, 6.07) is 21.3. The van der Waals surface area contributed by atoms with Crippen LogP contribution < -0.4 is 16.4 Å². The number of aliphatic imine (C=N–C) groups is 1. The highest BCUT2D eigenvalue weighted by Crippen LogP contribution is 2.20. The van der Waals surface area contributed by atoms with Gasteiger partial charge in [0, 0.05) is 32.6 Å². The van der Waals surface area contributed by atoms with Gasteiger partial charge in [-0.15, -0.1) is 24.0 Å².